The first-order chi connectivity index (χ1) is 14.1. The third-order valence-electron chi connectivity index (χ3n) is 5.95. The van der Waals surface area contributed by atoms with Gasteiger partial charge in [0.15, 0.2) is 6.10 Å². The predicted molar refractivity (Wildman–Crippen MR) is 106 cm³/mol. The van der Waals surface area contributed by atoms with Crippen molar-refractivity contribution < 1.29 is 14.3 Å². The summed E-state index contributed by atoms with van der Waals surface area (Å²) in [5.74, 6) is 0.794. The maximum atomic E-state index is 13.0. The van der Waals surface area contributed by atoms with Crippen LogP contribution in [-0.4, -0.2) is 68.4 Å². The molecule has 4 heterocycles. The molecule has 0 aromatic carbocycles. The van der Waals surface area contributed by atoms with Gasteiger partial charge in [0.05, 0.1) is 6.54 Å². The molecule has 2 amide bonds. The number of amides is 2. The number of nitrogens with zero attached hydrogens (tertiary/aromatic N) is 5. The molecule has 2 aromatic rings. The van der Waals surface area contributed by atoms with Crippen molar-refractivity contribution in [3.05, 3.63) is 48.3 Å². The van der Waals surface area contributed by atoms with Crippen LogP contribution < -0.4 is 0 Å². The smallest absolute Gasteiger partial charge is 0.272 e. The van der Waals surface area contributed by atoms with E-state index < -0.39 is 11.7 Å². The van der Waals surface area contributed by atoms with E-state index in [2.05, 4.69) is 9.97 Å². The molecule has 0 bridgehead atoms. The van der Waals surface area contributed by atoms with E-state index in [1.807, 2.05) is 30.7 Å². The Bertz CT molecular complexity index is 869. The summed E-state index contributed by atoms with van der Waals surface area (Å²) in [5, 5.41) is 0. The number of ether oxygens (including phenoxy) is 1. The maximum absolute atomic E-state index is 13.0. The highest BCUT2D eigenvalue weighted by Gasteiger charge is 2.48. The number of likely N-dealkylation sites (tertiary alicyclic amines) is 1. The van der Waals surface area contributed by atoms with Crippen LogP contribution in [-0.2, 0) is 21.7 Å². The number of piperidine rings is 1. The highest BCUT2D eigenvalue weighted by Crippen LogP contribution is 2.40. The number of hydrogen-bond donors (Lipinski definition) is 0. The van der Waals surface area contributed by atoms with Gasteiger partial charge in [-0.1, -0.05) is 6.07 Å². The van der Waals surface area contributed by atoms with E-state index in [1.165, 1.54) is 0 Å². The minimum Gasteiger partial charge on any atom is -0.352 e. The summed E-state index contributed by atoms with van der Waals surface area (Å²) in [5.41, 5.74) is -0.194. The minimum atomic E-state index is -0.643. The Morgan fingerprint density at radius 3 is 2.59 bits per heavy atom. The van der Waals surface area contributed by atoms with Gasteiger partial charge in [0.25, 0.3) is 11.8 Å². The van der Waals surface area contributed by atoms with Crippen LogP contribution in [0.15, 0.2) is 36.8 Å². The second kappa shape index (κ2) is 7.94. The van der Waals surface area contributed by atoms with E-state index in [4.69, 9.17) is 4.74 Å². The van der Waals surface area contributed by atoms with Crippen LogP contribution in [0.5, 0.6) is 0 Å². The molecule has 1 atom stereocenters. The van der Waals surface area contributed by atoms with Gasteiger partial charge in [0.1, 0.15) is 17.1 Å². The van der Waals surface area contributed by atoms with Crippen LogP contribution in [0.3, 0.4) is 0 Å². The van der Waals surface area contributed by atoms with Gasteiger partial charge < -0.3 is 19.1 Å². The first-order valence-corrected chi connectivity index (χ1v) is 10.3. The third-order valence-corrected chi connectivity index (χ3v) is 5.95. The second-order valence-corrected chi connectivity index (χ2v) is 7.52. The molecule has 1 saturated heterocycles. The van der Waals surface area contributed by atoms with Gasteiger partial charge in [-0.05, 0) is 26.0 Å². The molecular weight excluding hydrogens is 370 g/mol. The van der Waals surface area contributed by atoms with Crippen molar-refractivity contribution in [1.29, 1.82) is 0 Å². The van der Waals surface area contributed by atoms with E-state index >= 15 is 0 Å². The summed E-state index contributed by atoms with van der Waals surface area (Å²) in [7, 11) is 0. The number of hydrogen-bond acceptors (Lipinski definition) is 5. The molecule has 154 valence electrons. The summed E-state index contributed by atoms with van der Waals surface area (Å²) >= 11 is 0. The fourth-order valence-electron chi connectivity index (χ4n) is 4.33. The number of carbonyl (C=O) groups excluding carboxylic acids is 2. The number of carbonyl (C=O) groups is 2. The Labute approximate surface area is 170 Å². The number of likely N-dealkylation sites (N-methyl/N-ethyl adjacent to an activating group) is 1. The lowest BCUT2D eigenvalue weighted by atomic mass is 9.88. The molecule has 2 aliphatic heterocycles. The molecule has 0 aliphatic carbocycles. The first kappa shape index (κ1) is 19.6. The van der Waals surface area contributed by atoms with Crippen LogP contribution in [0.4, 0.5) is 0 Å². The molecule has 4 rings (SSSR count). The number of imidazole rings is 1. The minimum absolute atomic E-state index is 0.0146. The van der Waals surface area contributed by atoms with Gasteiger partial charge in [-0.3, -0.25) is 14.6 Å². The lowest BCUT2D eigenvalue weighted by molar-refractivity contribution is -0.179. The predicted octanol–water partition coefficient (Wildman–Crippen LogP) is 1.68. The van der Waals surface area contributed by atoms with Crippen LogP contribution in [0.1, 0.15) is 43.0 Å². The van der Waals surface area contributed by atoms with E-state index in [1.54, 1.807) is 34.3 Å². The maximum Gasteiger partial charge on any atom is 0.272 e. The normalized spacial score (nSPS) is 20.3. The topological polar surface area (TPSA) is 80.6 Å². The SMILES string of the molecule is CCN(CC)C(=O)C1Cn2ccnc2C2(CCN(C(=O)c3ccccn3)CC2)O1. The van der Waals surface area contributed by atoms with Crippen molar-refractivity contribution >= 4 is 11.8 Å². The summed E-state index contributed by atoms with van der Waals surface area (Å²) in [6.07, 6.45) is 5.97. The summed E-state index contributed by atoms with van der Waals surface area (Å²) < 4.78 is 8.49. The molecule has 0 N–H and O–H groups in total. The number of aromatic nitrogens is 3. The molecular formula is C21H27N5O3. The number of rotatable bonds is 4. The van der Waals surface area contributed by atoms with Crippen LogP contribution in [0, 0.1) is 0 Å². The second-order valence-electron chi connectivity index (χ2n) is 7.52. The van der Waals surface area contributed by atoms with Gasteiger partial charge in [0.2, 0.25) is 0 Å². The van der Waals surface area contributed by atoms with Gasteiger partial charge in [-0.25, -0.2) is 4.98 Å². The fraction of sp³-hybridized carbons (Fsp3) is 0.524. The van der Waals surface area contributed by atoms with E-state index in [9.17, 15) is 9.59 Å². The molecule has 2 aromatic heterocycles. The fourth-order valence-corrected chi connectivity index (χ4v) is 4.33. The summed E-state index contributed by atoms with van der Waals surface area (Å²) in [4.78, 5) is 38.0. The average Bonchev–Trinajstić information content (AvgIpc) is 3.25. The monoisotopic (exact) mass is 397 g/mol. The van der Waals surface area contributed by atoms with Crippen LogP contribution in [0.25, 0.3) is 0 Å². The molecule has 1 unspecified atom stereocenters. The summed E-state index contributed by atoms with van der Waals surface area (Å²) in [6, 6.07) is 5.34. The van der Waals surface area contributed by atoms with E-state index in [0.29, 0.717) is 51.3 Å². The lowest BCUT2D eigenvalue weighted by Gasteiger charge is -2.46. The van der Waals surface area contributed by atoms with Crippen molar-refractivity contribution in [3.63, 3.8) is 0 Å². The lowest BCUT2D eigenvalue weighted by Crippen LogP contribution is -2.55. The largest absolute Gasteiger partial charge is 0.352 e. The highest BCUT2D eigenvalue weighted by molar-refractivity contribution is 5.92. The van der Waals surface area contributed by atoms with Crippen molar-refractivity contribution in [2.75, 3.05) is 26.2 Å². The Morgan fingerprint density at radius 2 is 1.93 bits per heavy atom. The van der Waals surface area contributed by atoms with Crippen molar-refractivity contribution in [1.82, 2.24) is 24.3 Å². The van der Waals surface area contributed by atoms with Crippen LogP contribution >= 0.6 is 0 Å². The molecule has 8 heteroatoms. The number of fused-ring (bicyclic) bond motifs is 2. The highest BCUT2D eigenvalue weighted by atomic mass is 16.5. The molecule has 2 aliphatic rings. The Balaban J connectivity index is 1.53. The molecule has 1 spiro atoms. The summed E-state index contributed by atoms with van der Waals surface area (Å²) in [6.45, 7) is 6.82. The molecule has 1 fully saturated rings. The van der Waals surface area contributed by atoms with E-state index in [-0.39, 0.29) is 11.8 Å². The van der Waals surface area contributed by atoms with Gasteiger partial charge in [-0.2, -0.15) is 0 Å². The number of pyridine rings is 1. The zero-order valence-corrected chi connectivity index (χ0v) is 17.0. The quantitative estimate of drug-likeness (QED) is 0.784. The van der Waals surface area contributed by atoms with E-state index in [0.717, 1.165) is 5.82 Å². The average molecular weight is 397 g/mol. The Morgan fingerprint density at radius 1 is 1.17 bits per heavy atom. The van der Waals surface area contributed by atoms with Crippen molar-refractivity contribution in [2.24, 2.45) is 0 Å². The van der Waals surface area contributed by atoms with Gasteiger partial charge in [-0.15, -0.1) is 0 Å². The zero-order valence-electron chi connectivity index (χ0n) is 17.0. The molecule has 8 nitrogen and oxygen atoms in total. The Kier molecular flexibility index (Phi) is 5.36. The van der Waals surface area contributed by atoms with Crippen LogP contribution in [0.2, 0.25) is 0 Å². The third kappa shape index (κ3) is 3.53. The first-order valence-electron chi connectivity index (χ1n) is 10.3. The van der Waals surface area contributed by atoms with Crippen molar-refractivity contribution in [2.45, 2.75) is 44.9 Å². The molecule has 29 heavy (non-hydrogen) atoms. The van der Waals surface area contributed by atoms with Gasteiger partial charge in [0, 0.05) is 57.6 Å². The van der Waals surface area contributed by atoms with Crippen molar-refractivity contribution in [3.8, 4) is 0 Å². The molecule has 0 radical (unpaired) electrons. The molecule has 0 saturated carbocycles. The standard InChI is InChI=1S/C21H27N5O3/c1-3-24(4-2)19(28)17-15-26-14-11-23-20(26)21(29-17)8-12-25(13-9-21)18(27)16-7-5-6-10-22-16/h5-7,10-11,14,17H,3-4,8-9,12-13,15H2,1-2H3. The van der Waals surface area contributed by atoms with Gasteiger partial charge >= 0.3 is 0 Å². The Hall–Kier alpha value is -2.74. The zero-order chi connectivity index (χ0) is 20.4.